The SMILES string of the molecule is CC(C)CNCCC(C)C1CCCC(S(C)(=O)=O)C1. The highest BCUT2D eigenvalue weighted by Crippen LogP contribution is 2.34. The maximum absolute atomic E-state index is 11.7. The van der Waals surface area contributed by atoms with Crippen molar-refractivity contribution in [3.05, 3.63) is 0 Å². The van der Waals surface area contributed by atoms with E-state index < -0.39 is 9.84 Å². The highest BCUT2D eigenvalue weighted by atomic mass is 32.2. The predicted molar refractivity (Wildman–Crippen MR) is 82.1 cm³/mol. The first-order valence-corrected chi connectivity index (χ1v) is 9.65. The third-order valence-corrected chi connectivity index (χ3v) is 6.05. The van der Waals surface area contributed by atoms with E-state index in [1.807, 2.05) is 0 Å². The molecule has 1 aliphatic rings. The first-order chi connectivity index (χ1) is 8.80. The second kappa shape index (κ2) is 7.63. The smallest absolute Gasteiger partial charge is 0.150 e. The molecule has 0 radical (unpaired) electrons. The van der Waals surface area contributed by atoms with Gasteiger partial charge in [0.05, 0.1) is 5.25 Å². The minimum Gasteiger partial charge on any atom is -0.316 e. The third kappa shape index (κ3) is 6.26. The Morgan fingerprint density at radius 2 is 1.89 bits per heavy atom. The lowest BCUT2D eigenvalue weighted by atomic mass is 9.79. The standard InChI is InChI=1S/C15H31NO2S/c1-12(2)11-16-9-8-13(3)14-6-5-7-15(10-14)19(4,17)18/h12-16H,5-11H2,1-4H3. The zero-order valence-corrected chi connectivity index (χ0v) is 13.8. The van der Waals surface area contributed by atoms with Crippen LogP contribution in [-0.2, 0) is 9.84 Å². The van der Waals surface area contributed by atoms with Gasteiger partial charge in [-0.3, -0.25) is 0 Å². The molecular formula is C15H31NO2S. The Hall–Kier alpha value is -0.0900. The normalized spacial score (nSPS) is 26.6. The Kier molecular flexibility index (Phi) is 6.81. The van der Waals surface area contributed by atoms with E-state index >= 15 is 0 Å². The van der Waals surface area contributed by atoms with Crippen molar-refractivity contribution in [1.29, 1.82) is 0 Å². The van der Waals surface area contributed by atoms with Crippen LogP contribution >= 0.6 is 0 Å². The molecule has 0 aromatic carbocycles. The highest BCUT2D eigenvalue weighted by Gasteiger charge is 2.31. The van der Waals surface area contributed by atoms with Crippen molar-refractivity contribution in [2.75, 3.05) is 19.3 Å². The second-order valence-electron chi connectivity index (χ2n) is 6.74. The zero-order chi connectivity index (χ0) is 14.5. The van der Waals surface area contributed by atoms with E-state index in [2.05, 4.69) is 26.1 Å². The molecule has 19 heavy (non-hydrogen) atoms. The average molecular weight is 289 g/mol. The monoisotopic (exact) mass is 289 g/mol. The summed E-state index contributed by atoms with van der Waals surface area (Å²) in [6.45, 7) is 8.84. The van der Waals surface area contributed by atoms with Crippen molar-refractivity contribution < 1.29 is 8.42 Å². The molecule has 0 aliphatic heterocycles. The summed E-state index contributed by atoms with van der Waals surface area (Å²) in [5.41, 5.74) is 0. The van der Waals surface area contributed by atoms with Crippen LogP contribution in [0.15, 0.2) is 0 Å². The molecule has 1 saturated carbocycles. The van der Waals surface area contributed by atoms with Crippen molar-refractivity contribution >= 4 is 9.84 Å². The molecule has 0 heterocycles. The van der Waals surface area contributed by atoms with Crippen LogP contribution in [0.5, 0.6) is 0 Å². The fourth-order valence-electron chi connectivity index (χ4n) is 3.04. The minimum absolute atomic E-state index is 0.0858. The summed E-state index contributed by atoms with van der Waals surface area (Å²) < 4.78 is 23.4. The van der Waals surface area contributed by atoms with Crippen molar-refractivity contribution in [2.24, 2.45) is 17.8 Å². The Balaban J connectivity index is 2.34. The minimum atomic E-state index is -2.84. The van der Waals surface area contributed by atoms with Crippen LogP contribution in [0, 0.1) is 17.8 Å². The highest BCUT2D eigenvalue weighted by molar-refractivity contribution is 7.91. The molecule has 3 unspecified atom stereocenters. The van der Waals surface area contributed by atoms with Gasteiger partial charge in [-0.25, -0.2) is 8.42 Å². The Morgan fingerprint density at radius 1 is 1.21 bits per heavy atom. The molecule has 1 aliphatic carbocycles. The lowest BCUT2D eigenvalue weighted by Gasteiger charge is -2.32. The summed E-state index contributed by atoms with van der Waals surface area (Å²) in [4.78, 5) is 0. The number of rotatable bonds is 7. The van der Waals surface area contributed by atoms with E-state index in [9.17, 15) is 8.42 Å². The predicted octanol–water partition coefficient (Wildman–Crippen LogP) is 2.86. The van der Waals surface area contributed by atoms with Crippen molar-refractivity contribution in [3.8, 4) is 0 Å². The fraction of sp³-hybridized carbons (Fsp3) is 1.00. The van der Waals surface area contributed by atoms with Crippen molar-refractivity contribution in [1.82, 2.24) is 5.32 Å². The molecule has 114 valence electrons. The molecule has 0 amide bonds. The summed E-state index contributed by atoms with van der Waals surface area (Å²) in [6.07, 6.45) is 6.59. The summed E-state index contributed by atoms with van der Waals surface area (Å²) in [5, 5.41) is 3.39. The first kappa shape index (κ1) is 17.0. The van der Waals surface area contributed by atoms with Crippen LogP contribution < -0.4 is 5.32 Å². The molecule has 4 heteroatoms. The van der Waals surface area contributed by atoms with Gasteiger partial charge < -0.3 is 5.32 Å². The summed E-state index contributed by atoms with van der Waals surface area (Å²) >= 11 is 0. The third-order valence-electron chi connectivity index (χ3n) is 4.41. The Bertz CT molecular complexity index is 351. The maximum Gasteiger partial charge on any atom is 0.150 e. The molecule has 0 spiro atoms. The molecule has 0 bridgehead atoms. The van der Waals surface area contributed by atoms with Gasteiger partial charge in [-0.05, 0) is 50.1 Å². The average Bonchev–Trinajstić information content (AvgIpc) is 2.33. The topological polar surface area (TPSA) is 46.2 Å². The molecule has 1 N–H and O–H groups in total. The quantitative estimate of drug-likeness (QED) is 0.733. The van der Waals surface area contributed by atoms with Gasteiger partial charge in [0.2, 0.25) is 0 Å². The van der Waals surface area contributed by atoms with Crippen molar-refractivity contribution in [3.63, 3.8) is 0 Å². The summed E-state index contributed by atoms with van der Waals surface area (Å²) in [5.74, 6) is 1.91. The van der Waals surface area contributed by atoms with E-state index in [4.69, 9.17) is 0 Å². The largest absolute Gasteiger partial charge is 0.316 e. The lowest BCUT2D eigenvalue weighted by Crippen LogP contribution is -2.31. The van der Waals surface area contributed by atoms with Gasteiger partial charge in [0, 0.05) is 6.26 Å². The number of hydrogen-bond donors (Lipinski definition) is 1. The molecular weight excluding hydrogens is 258 g/mol. The molecule has 1 rings (SSSR count). The molecule has 0 aromatic rings. The van der Waals surface area contributed by atoms with Crippen LogP contribution in [0.3, 0.4) is 0 Å². The van der Waals surface area contributed by atoms with Gasteiger partial charge in [0.1, 0.15) is 9.84 Å². The summed E-state index contributed by atoms with van der Waals surface area (Å²) in [7, 11) is -2.84. The first-order valence-electron chi connectivity index (χ1n) is 7.70. The van der Waals surface area contributed by atoms with E-state index in [1.165, 1.54) is 12.7 Å². The maximum atomic E-state index is 11.7. The van der Waals surface area contributed by atoms with Crippen LogP contribution in [0.25, 0.3) is 0 Å². The molecule has 0 saturated heterocycles. The van der Waals surface area contributed by atoms with Gasteiger partial charge in [-0.1, -0.05) is 33.6 Å². The zero-order valence-electron chi connectivity index (χ0n) is 13.0. The number of hydrogen-bond acceptors (Lipinski definition) is 3. The number of sulfone groups is 1. The molecule has 0 aromatic heterocycles. The van der Waals surface area contributed by atoms with Gasteiger partial charge >= 0.3 is 0 Å². The van der Waals surface area contributed by atoms with Gasteiger partial charge in [0.25, 0.3) is 0 Å². The van der Waals surface area contributed by atoms with Crippen LogP contribution in [0.4, 0.5) is 0 Å². The lowest BCUT2D eigenvalue weighted by molar-refractivity contribution is 0.251. The van der Waals surface area contributed by atoms with E-state index in [-0.39, 0.29) is 5.25 Å². The van der Waals surface area contributed by atoms with Crippen LogP contribution in [-0.4, -0.2) is 33.0 Å². The molecule has 3 atom stereocenters. The van der Waals surface area contributed by atoms with Gasteiger partial charge in [0.15, 0.2) is 0 Å². The molecule has 1 fully saturated rings. The van der Waals surface area contributed by atoms with Crippen LogP contribution in [0.2, 0.25) is 0 Å². The van der Waals surface area contributed by atoms with Crippen molar-refractivity contribution in [2.45, 2.75) is 58.1 Å². The van der Waals surface area contributed by atoms with E-state index in [0.717, 1.165) is 38.8 Å². The Morgan fingerprint density at radius 3 is 2.47 bits per heavy atom. The second-order valence-corrected chi connectivity index (χ2v) is 9.07. The molecule has 3 nitrogen and oxygen atoms in total. The van der Waals surface area contributed by atoms with Gasteiger partial charge in [-0.15, -0.1) is 0 Å². The van der Waals surface area contributed by atoms with Crippen LogP contribution in [0.1, 0.15) is 52.9 Å². The Labute approximate surface area is 119 Å². The van der Waals surface area contributed by atoms with Gasteiger partial charge in [-0.2, -0.15) is 0 Å². The van der Waals surface area contributed by atoms with E-state index in [0.29, 0.717) is 17.8 Å². The fourth-order valence-corrected chi connectivity index (χ4v) is 4.23. The summed E-state index contributed by atoms with van der Waals surface area (Å²) in [6, 6.07) is 0. The number of nitrogens with one attached hydrogen (secondary N) is 1. The van der Waals surface area contributed by atoms with E-state index in [1.54, 1.807) is 0 Å².